The molecular formula is C26H34IN5O2. The van der Waals surface area contributed by atoms with E-state index in [0.29, 0.717) is 25.9 Å². The zero-order valence-electron chi connectivity index (χ0n) is 19.7. The number of nitrogens with zero attached hydrogens (tertiary/aromatic N) is 3. The van der Waals surface area contributed by atoms with Crippen molar-refractivity contribution in [3.8, 4) is 0 Å². The molecule has 0 spiro atoms. The molecule has 2 aromatic carbocycles. The third-order valence-electron chi connectivity index (χ3n) is 6.37. The molecule has 4 rings (SSSR count). The number of anilines is 1. The first kappa shape index (κ1) is 26.0. The lowest BCUT2D eigenvalue weighted by Crippen LogP contribution is -2.40. The number of amides is 2. The molecule has 2 aromatic rings. The van der Waals surface area contributed by atoms with Crippen LogP contribution in [0.25, 0.3) is 0 Å². The van der Waals surface area contributed by atoms with Crippen LogP contribution in [-0.2, 0) is 22.6 Å². The number of benzene rings is 2. The van der Waals surface area contributed by atoms with Gasteiger partial charge in [-0.25, -0.2) is 0 Å². The lowest BCUT2D eigenvalue weighted by Gasteiger charge is -2.18. The topological polar surface area (TPSA) is 77.0 Å². The number of aliphatic imine (C=N–C) groups is 1. The SMILES string of the molecule is CN=C(NCc1ccc(N2CCCC2=O)cc1)NCC1CC(=O)N(CCc2ccccc2)C1.I. The van der Waals surface area contributed by atoms with E-state index in [-0.39, 0.29) is 41.7 Å². The van der Waals surface area contributed by atoms with E-state index >= 15 is 0 Å². The summed E-state index contributed by atoms with van der Waals surface area (Å²) in [7, 11) is 1.75. The number of hydrogen-bond donors (Lipinski definition) is 2. The third-order valence-corrected chi connectivity index (χ3v) is 6.37. The fourth-order valence-corrected chi connectivity index (χ4v) is 4.48. The number of carbonyl (C=O) groups excluding carboxylic acids is 2. The zero-order chi connectivity index (χ0) is 23.0. The predicted octanol–water partition coefficient (Wildman–Crippen LogP) is 3.19. The van der Waals surface area contributed by atoms with Crippen LogP contribution in [0.15, 0.2) is 59.6 Å². The van der Waals surface area contributed by atoms with Crippen molar-refractivity contribution in [3.63, 3.8) is 0 Å². The lowest BCUT2D eigenvalue weighted by atomic mass is 10.1. The van der Waals surface area contributed by atoms with Crippen molar-refractivity contribution in [3.05, 3.63) is 65.7 Å². The van der Waals surface area contributed by atoms with Crippen molar-refractivity contribution in [2.75, 3.05) is 38.1 Å². The van der Waals surface area contributed by atoms with Crippen LogP contribution < -0.4 is 15.5 Å². The van der Waals surface area contributed by atoms with Gasteiger partial charge in [0, 0.05) is 64.2 Å². The largest absolute Gasteiger partial charge is 0.356 e. The first-order valence-corrected chi connectivity index (χ1v) is 11.8. The highest BCUT2D eigenvalue weighted by atomic mass is 127. The molecule has 34 heavy (non-hydrogen) atoms. The maximum absolute atomic E-state index is 12.4. The normalized spacial score (nSPS) is 18.3. The van der Waals surface area contributed by atoms with Crippen molar-refractivity contribution in [1.29, 1.82) is 0 Å². The van der Waals surface area contributed by atoms with E-state index < -0.39 is 0 Å². The van der Waals surface area contributed by atoms with Crippen LogP contribution in [0.2, 0.25) is 0 Å². The fraction of sp³-hybridized carbons (Fsp3) is 0.423. The van der Waals surface area contributed by atoms with E-state index in [1.54, 1.807) is 7.05 Å². The smallest absolute Gasteiger partial charge is 0.227 e. The average Bonchev–Trinajstić information content (AvgIpc) is 3.43. The summed E-state index contributed by atoms with van der Waals surface area (Å²) in [5.41, 5.74) is 3.35. The summed E-state index contributed by atoms with van der Waals surface area (Å²) >= 11 is 0. The van der Waals surface area contributed by atoms with Crippen LogP contribution in [0.1, 0.15) is 30.4 Å². The van der Waals surface area contributed by atoms with Crippen LogP contribution in [0.5, 0.6) is 0 Å². The van der Waals surface area contributed by atoms with E-state index in [4.69, 9.17) is 0 Å². The van der Waals surface area contributed by atoms with Crippen molar-refractivity contribution in [1.82, 2.24) is 15.5 Å². The molecule has 2 N–H and O–H groups in total. The number of hydrogen-bond acceptors (Lipinski definition) is 3. The van der Waals surface area contributed by atoms with Gasteiger partial charge in [-0.2, -0.15) is 0 Å². The minimum atomic E-state index is 0. The average molecular weight is 575 g/mol. The maximum Gasteiger partial charge on any atom is 0.227 e. The van der Waals surface area contributed by atoms with Gasteiger partial charge in [-0.05, 0) is 36.1 Å². The molecule has 182 valence electrons. The first-order chi connectivity index (χ1) is 16.1. The molecule has 8 heteroatoms. The van der Waals surface area contributed by atoms with Gasteiger partial charge in [-0.1, -0.05) is 42.5 Å². The molecule has 1 atom stereocenters. The molecule has 2 aliphatic heterocycles. The third kappa shape index (κ3) is 6.94. The molecule has 0 aromatic heterocycles. The van der Waals surface area contributed by atoms with Crippen LogP contribution in [0.3, 0.4) is 0 Å². The second kappa shape index (κ2) is 12.7. The molecule has 2 saturated heterocycles. The zero-order valence-corrected chi connectivity index (χ0v) is 22.0. The van der Waals surface area contributed by atoms with Crippen molar-refractivity contribution in [2.45, 2.75) is 32.2 Å². The summed E-state index contributed by atoms with van der Waals surface area (Å²) in [4.78, 5) is 32.4. The van der Waals surface area contributed by atoms with E-state index in [2.05, 4.69) is 27.8 Å². The molecule has 0 aliphatic carbocycles. The first-order valence-electron chi connectivity index (χ1n) is 11.8. The molecular weight excluding hydrogens is 541 g/mol. The van der Waals surface area contributed by atoms with Crippen molar-refractivity contribution in [2.24, 2.45) is 10.9 Å². The highest BCUT2D eigenvalue weighted by molar-refractivity contribution is 14.0. The molecule has 1 unspecified atom stereocenters. The minimum absolute atomic E-state index is 0. The van der Waals surface area contributed by atoms with Gasteiger partial charge in [-0.15, -0.1) is 24.0 Å². The Morgan fingerprint density at radius 1 is 1.00 bits per heavy atom. The Hall–Kier alpha value is -2.62. The summed E-state index contributed by atoms with van der Waals surface area (Å²) in [6.07, 6.45) is 3.04. The second-order valence-corrected chi connectivity index (χ2v) is 8.77. The minimum Gasteiger partial charge on any atom is -0.356 e. The van der Waals surface area contributed by atoms with Crippen LogP contribution >= 0.6 is 24.0 Å². The molecule has 0 saturated carbocycles. The molecule has 0 bridgehead atoms. The Labute approximate surface area is 219 Å². The quantitative estimate of drug-likeness (QED) is 0.288. The Kier molecular flexibility index (Phi) is 9.74. The maximum atomic E-state index is 12.4. The van der Waals surface area contributed by atoms with Crippen LogP contribution in [0, 0.1) is 5.92 Å². The molecule has 0 radical (unpaired) electrons. The summed E-state index contributed by atoms with van der Waals surface area (Å²) in [6, 6.07) is 18.4. The Morgan fingerprint density at radius 3 is 2.44 bits per heavy atom. The molecule has 2 fully saturated rings. The number of rotatable bonds is 8. The Balaban J connectivity index is 0.00000324. The number of nitrogens with one attached hydrogen (secondary N) is 2. The van der Waals surface area contributed by atoms with Gasteiger partial charge in [0.2, 0.25) is 11.8 Å². The summed E-state index contributed by atoms with van der Waals surface area (Å²) in [5, 5.41) is 6.70. The van der Waals surface area contributed by atoms with Crippen molar-refractivity contribution >= 4 is 47.4 Å². The summed E-state index contributed by atoms with van der Waals surface area (Å²) < 4.78 is 0. The highest BCUT2D eigenvalue weighted by Crippen LogP contribution is 2.21. The standard InChI is InChI=1S/C26H33N5O2.HI/c1-27-26(28-17-21-9-11-23(12-10-21)31-14-5-8-24(31)32)29-18-22-16-25(33)30(19-22)15-13-20-6-3-2-4-7-20;/h2-4,6-7,9-12,22H,5,8,13-19H2,1H3,(H2,27,28,29);1H. The van der Waals surface area contributed by atoms with Gasteiger partial charge >= 0.3 is 0 Å². The lowest BCUT2D eigenvalue weighted by molar-refractivity contribution is -0.127. The number of halogens is 1. The molecule has 2 heterocycles. The van der Waals surface area contributed by atoms with E-state index in [9.17, 15) is 9.59 Å². The van der Waals surface area contributed by atoms with Gasteiger partial charge in [0.05, 0.1) is 0 Å². The van der Waals surface area contributed by atoms with Crippen LogP contribution in [-0.4, -0.2) is 55.9 Å². The van der Waals surface area contributed by atoms with E-state index in [1.807, 2.05) is 52.3 Å². The second-order valence-electron chi connectivity index (χ2n) is 8.77. The van der Waals surface area contributed by atoms with Gasteiger partial charge < -0.3 is 20.4 Å². The molecule has 7 nitrogen and oxygen atoms in total. The Bertz CT molecular complexity index is 980. The van der Waals surface area contributed by atoms with E-state index in [0.717, 1.165) is 49.7 Å². The van der Waals surface area contributed by atoms with Gasteiger partial charge in [0.25, 0.3) is 0 Å². The van der Waals surface area contributed by atoms with Gasteiger partial charge in [0.15, 0.2) is 5.96 Å². The van der Waals surface area contributed by atoms with E-state index in [1.165, 1.54) is 5.56 Å². The Morgan fingerprint density at radius 2 is 1.76 bits per heavy atom. The van der Waals surface area contributed by atoms with Crippen LogP contribution in [0.4, 0.5) is 5.69 Å². The predicted molar refractivity (Wildman–Crippen MR) is 146 cm³/mol. The van der Waals surface area contributed by atoms with Gasteiger partial charge in [0.1, 0.15) is 0 Å². The monoisotopic (exact) mass is 575 g/mol. The molecule has 2 amide bonds. The van der Waals surface area contributed by atoms with Gasteiger partial charge in [-0.3, -0.25) is 14.6 Å². The summed E-state index contributed by atoms with van der Waals surface area (Å²) in [6.45, 7) is 3.71. The number of likely N-dealkylation sites (tertiary alicyclic amines) is 1. The fourth-order valence-electron chi connectivity index (χ4n) is 4.48. The number of guanidine groups is 1. The highest BCUT2D eigenvalue weighted by Gasteiger charge is 2.29. The molecule has 2 aliphatic rings. The number of carbonyl (C=O) groups is 2. The van der Waals surface area contributed by atoms with Crippen molar-refractivity contribution < 1.29 is 9.59 Å². The summed E-state index contributed by atoms with van der Waals surface area (Å²) in [5.74, 6) is 1.44.